The number of carbonyl (C=O) groups is 1. The number of halogens is 1. The van der Waals surface area contributed by atoms with E-state index in [1.54, 1.807) is 12.1 Å². The summed E-state index contributed by atoms with van der Waals surface area (Å²) < 4.78 is 0. The van der Waals surface area contributed by atoms with Crippen LogP contribution >= 0.6 is 11.6 Å². The first-order valence-corrected chi connectivity index (χ1v) is 11.5. The number of aromatic hydroxyl groups is 1. The second kappa shape index (κ2) is 8.86. The van der Waals surface area contributed by atoms with Crippen LogP contribution in [0, 0.1) is 17.2 Å². The molecule has 1 heterocycles. The molecule has 2 aliphatic carbocycles. The van der Waals surface area contributed by atoms with Gasteiger partial charge in [0.2, 0.25) is 5.91 Å². The van der Waals surface area contributed by atoms with E-state index in [9.17, 15) is 15.0 Å². The maximum atomic E-state index is 12.7. The van der Waals surface area contributed by atoms with Crippen LogP contribution in [0.4, 0.5) is 0 Å². The third-order valence-electron chi connectivity index (χ3n) is 7.58. The van der Waals surface area contributed by atoms with Gasteiger partial charge in [0.15, 0.2) is 0 Å². The average molecular weight is 443 g/mol. The lowest BCUT2D eigenvalue weighted by atomic mass is 9.53. The van der Waals surface area contributed by atoms with E-state index in [0.29, 0.717) is 12.8 Å². The molecule has 1 saturated carbocycles. The molecule has 31 heavy (non-hydrogen) atoms. The van der Waals surface area contributed by atoms with Gasteiger partial charge in [-0.2, -0.15) is 0 Å². The number of benzene rings is 1. The molecule has 0 aromatic heterocycles. The SMILES string of the molecule is CN1CCN(C(=O)C=CCC23CCC(O)(C#CCl)CC2CCc2cc(O)ccc23)CC1. The molecule has 3 atom stereocenters. The van der Waals surface area contributed by atoms with Gasteiger partial charge in [-0.1, -0.05) is 18.1 Å². The lowest BCUT2D eigenvalue weighted by Gasteiger charge is -2.52. The Bertz CT molecular complexity index is 928. The Balaban J connectivity index is 1.58. The fraction of sp³-hybridized carbons (Fsp3) is 0.560. The first-order valence-electron chi connectivity index (χ1n) is 11.2. The van der Waals surface area contributed by atoms with Gasteiger partial charge in [-0.3, -0.25) is 4.79 Å². The summed E-state index contributed by atoms with van der Waals surface area (Å²) in [7, 11) is 2.08. The van der Waals surface area contributed by atoms with Crippen LogP contribution in [-0.2, 0) is 16.6 Å². The zero-order chi connectivity index (χ0) is 22.1. The summed E-state index contributed by atoms with van der Waals surface area (Å²) in [4.78, 5) is 16.8. The molecule has 1 aromatic carbocycles. The van der Waals surface area contributed by atoms with E-state index in [2.05, 4.69) is 23.2 Å². The normalized spacial score (nSPS) is 30.9. The number of hydrogen-bond donors (Lipinski definition) is 2. The lowest BCUT2D eigenvalue weighted by Crippen LogP contribution is -2.49. The largest absolute Gasteiger partial charge is 0.508 e. The number of nitrogens with zero attached hydrogens (tertiary/aromatic N) is 2. The van der Waals surface area contributed by atoms with Crippen LogP contribution in [0.3, 0.4) is 0 Å². The van der Waals surface area contributed by atoms with E-state index in [1.807, 2.05) is 23.1 Å². The molecule has 3 aliphatic rings. The Kier molecular flexibility index (Phi) is 6.35. The minimum atomic E-state index is -1.05. The van der Waals surface area contributed by atoms with Gasteiger partial charge in [-0.05, 0) is 92.4 Å². The minimum Gasteiger partial charge on any atom is -0.508 e. The van der Waals surface area contributed by atoms with E-state index >= 15 is 0 Å². The highest BCUT2D eigenvalue weighted by Gasteiger charge is 2.50. The summed E-state index contributed by atoms with van der Waals surface area (Å²) in [6, 6.07) is 5.65. The number of fused-ring (bicyclic) bond motifs is 3. The van der Waals surface area contributed by atoms with Crippen molar-refractivity contribution >= 4 is 17.5 Å². The third-order valence-corrected chi connectivity index (χ3v) is 7.67. The number of allylic oxidation sites excluding steroid dienone is 1. The van der Waals surface area contributed by atoms with E-state index in [0.717, 1.165) is 51.9 Å². The van der Waals surface area contributed by atoms with Crippen molar-refractivity contribution in [2.24, 2.45) is 5.92 Å². The Morgan fingerprint density at radius 1 is 1.29 bits per heavy atom. The molecule has 3 unspecified atom stereocenters. The molecule has 166 valence electrons. The molecule has 2 fully saturated rings. The van der Waals surface area contributed by atoms with E-state index < -0.39 is 5.60 Å². The fourth-order valence-corrected chi connectivity index (χ4v) is 5.93. The highest BCUT2D eigenvalue weighted by Crippen LogP contribution is 2.54. The van der Waals surface area contributed by atoms with Crippen molar-refractivity contribution in [1.29, 1.82) is 0 Å². The van der Waals surface area contributed by atoms with Gasteiger partial charge in [0.1, 0.15) is 11.4 Å². The average Bonchev–Trinajstić information content (AvgIpc) is 2.74. The van der Waals surface area contributed by atoms with E-state index in [1.165, 1.54) is 11.1 Å². The van der Waals surface area contributed by atoms with Crippen LogP contribution in [0.2, 0.25) is 0 Å². The van der Waals surface area contributed by atoms with Crippen molar-refractivity contribution < 1.29 is 15.0 Å². The molecule has 2 N–H and O–H groups in total. The molecule has 0 radical (unpaired) electrons. The molecule has 0 spiro atoms. The Morgan fingerprint density at radius 3 is 2.81 bits per heavy atom. The van der Waals surface area contributed by atoms with Crippen molar-refractivity contribution in [2.45, 2.75) is 49.5 Å². The fourth-order valence-electron chi connectivity index (χ4n) is 5.76. The Morgan fingerprint density at radius 2 is 2.06 bits per heavy atom. The smallest absolute Gasteiger partial charge is 0.246 e. The number of piperazine rings is 1. The standard InChI is InChI=1S/C25H31ClN2O3/c1-27-13-15-28(16-14-27)23(30)3-2-8-25-10-9-24(31,11-12-26)18-20(25)5-4-19-17-21(29)6-7-22(19)25/h2-3,6-7,17,20,29,31H,4-5,8-10,13-16,18H2,1H3. The van der Waals surface area contributed by atoms with Gasteiger partial charge in [0.05, 0.1) is 0 Å². The third kappa shape index (κ3) is 4.48. The van der Waals surface area contributed by atoms with Gasteiger partial charge in [-0.25, -0.2) is 0 Å². The number of amides is 1. The van der Waals surface area contributed by atoms with Gasteiger partial charge in [0, 0.05) is 37.0 Å². The maximum absolute atomic E-state index is 12.7. The second-order valence-electron chi connectivity index (χ2n) is 9.42. The van der Waals surface area contributed by atoms with Crippen LogP contribution in [0.15, 0.2) is 30.4 Å². The first-order chi connectivity index (χ1) is 14.8. The summed E-state index contributed by atoms with van der Waals surface area (Å²) in [5.74, 6) is 3.41. The van der Waals surface area contributed by atoms with E-state index in [-0.39, 0.29) is 23.0 Å². The van der Waals surface area contributed by atoms with Gasteiger partial charge >= 0.3 is 0 Å². The molecule has 4 rings (SSSR count). The quantitative estimate of drug-likeness (QED) is 0.558. The zero-order valence-corrected chi connectivity index (χ0v) is 18.9. The lowest BCUT2D eigenvalue weighted by molar-refractivity contribution is -0.127. The van der Waals surface area contributed by atoms with Gasteiger partial charge in [-0.15, -0.1) is 0 Å². The van der Waals surface area contributed by atoms with Gasteiger partial charge < -0.3 is 20.0 Å². The number of rotatable bonds is 3. The molecule has 5 nitrogen and oxygen atoms in total. The van der Waals surface area contributed by atoms with Crippen molar-refractivity contribution in [1.82, 2.24) is 9.80 Å². The maximum Gasteiger partial charge on any atom is 0.246 e. The van der Waals surface area contributed by atoms with Crippen LogP contribution in [0.25, 0.3) is 0 Å². The molecule has 6 heteroatoms. The predicted molar refractivity (Wildman–Crippen MR) is 122 cm³/mol. The summed E-state index contributed by atoms with van der Waals surface area (Å²) in [6.07, 6.45) is 8.16. The Hall–Kier alpha value is -2.00. The number of aliphatic hydroxyl groups is 1. The number of phenolic OH excluding ortho intramolecular Hbond substituents is 1. The number of likely N-dealkylation sites (N-methyl/N-ethyl adjacent to an activating group) is 1. The number of aryl methyl sites for hydroxylation is 1. The van der Waals surface area contributed by atoms with Crippen LogP contribution in [0.1, 0.15) is 43.2 Å². The molecular formula is C25H31ClN2O3. The molecule has 1 aliphatic heterocycles. The number of phenols is 1. The van der Waals surface area contributed by atoms with Gasteiger partial charge in [0.25, 0.3) is 0 Å². The Labute approximate surface area is 189 Å². The summed E-state index contributed by atoms with van der Waals surface area (Å²) in [5, 5.41) is 23.3. The van der Waals surface area contributed by atoms with Crippen molar-refractivity contribution in [3.63, 3.8) is 0 Å². The molecular weight excluding hydrogens is 412 g/mol. The highest BCUT2D eigenvalue weighted by atomic mass is 35.5. The summed E-state index contributed by atoms with van der Waals surface area (Å²) in [6.45, 7) is 3.34. The highest BCUT2D eigenvalue weighted by molar-refractivity contribution is 6.30. The zero-order valence-electron chi connectivity index (χ0n) is 18.1. The van der Waals surface area contributed by atoms with Crippen molar-refractivity contribution in [2.75, 3.05) is 33.2 Å². The summed E-state index contributed by atoms with van der Waals surface area (Å²) >= 11 is 5.63. The summed E-state index contributed by atoms with van der Waals surface area (Å²) in [5.41, 5.74) is 1.19. The van der Waals surface area contributed by atoms with E-state index in [4.69, 9.17) is 11.6 Å². The molecule has 0 bridgehead atoms. The van der Waals surface area contributed by atoms with Crippen molar-refractivity contribution in [3.8, 4) is 17.0 Å². The van der Waals surface area contributed by atoms with Crippen LogP contribution in [0.5, 0.6) is 5.75 Å². The van der Waals surface area contributed by atoms with Crippen LogP contribution in [-0.4, -0.2) is 64.7 Å². The first kappa shape index (κ1) is 22.2. The number of hydrogen-bond acceptors (Lipinski definition) is 4. The monoisotopic (exact) mass is 442 g/mol. The molecule has 1 amide bonds. The minimum absolute atomic E-state index is 0.0723. The molecule has 1 aromatic rings. The number of carbonyl (C=O) groups excluding carboxylic acids is 1. The topological polar surface area (TPSA) is 64.0 Å². The molecule has 1 saturated heterocycles. The van der Waals surface area contributed by atoms with Crippen molar-refractivity contribution in [3.05, 3.63) is 41.5 Å². The predicted octanol–water partition coefficient (Wildman–Crippen LogP) is 3.03. The second-order valence-corrected chi connectivity index (χ2v) is 9.61. The van der Waals surface area contributed by atoms with Crippen LogP contribution < -0.4 is 0 Å².